The standard InChI is InChI=1S/C30H29N3O4/c1-19-13-14-26(36-3)25(17-19)32-29(34)28(20-9-5-4-6-10-20)37-30(35)27-21-11-7-8-12-23(21)31-24-15-16-33(2)18-22(24)27/h4-14,17,28H,15-16,18H2,1-3H3,(H,32,34)/p+1/t28-/m1/s1. The third kappa shape index (κ3) is 5.04. The van der Waals surface area contributed by atoms with E-state index in [1.165, 1.54) is 4.90 Å². The van der Waals surface area contributed by atoms with E-state index in [2.05, 4.69) is 12.4 Å². The highest BCUT2D eigenvalue weighted by molar-refractivity contribution is 6.06. The van der Waals surface area contributed by atoms with E-state index in [0.29, 0.717) is 29.1 Å². The van der Waals surface area contributed by atoms with E-state index in [9.17, 15) is 9.59 Å². The van der Waals surface area contributed by atoms with Crippen LogP contribution in [0.25, 0.3) is 10.9 Å². The summed E-state index contributed by atoms with van der Waals surface area (Å²) in [5.74, 6) is -0.472. The Morgan fingerprint density at radius 1 is 1.03 bits per heavy atom. The Kier molecular flexibility index (Phi) is 6.88. The Hall–Kier alpha value is -4.23. The highest BCUT2D eigenvalue weighted by Gasteiger charge is 2.31. The van der Waals surface area contributed by atoms with E-state index in [0.717, 1.165) is 40.7 Å². The third-order valence-electron chi connectivity index (χ3n) is 6.73. The minimum absolute atomic E-state index is 0.460. The second-order valence-corrected chi connectivity index (χ2v) is 9.45. The summed E-state index contributed by atoms with van der Waals surface area (Å²) >= 11 is 0. The number of carbonyl (C=O) groups excluding carboxylic acids is 2. The summed E-state index contributed by atoms with van der Waals surface area (Å²) in [6.45, 7) is 3.54. The minimum Gasteiger partial charge on any atom is -0.495 e. The summed E-state index contributed by atoms with van der Waals surface area (Å²) in [4.78, 5) is 33.6. The van der Waals surface area contributed by atoms with Gasteiger partial charge in [-0.3, -0.25) is 9.78 Å². The molecule has 3 aromatic carbocycles. The number of hydrogen-bond acceptors (Lipinski definition) is 5. The van der Waals surface area contributed by atoms with Crippen LogP contribution in [0.3, 0.4) is 0 Å². The van der Waals surface area contributed by atoms with E-state index in [-0.39, 0.29) is 0 Å². The number of esters is 1. The lowest BCUT2D eigenvalue weighted by atomic mass is 9.96. The lowest BCUT2D eigenvalue weighted by Crippen LogP contribution is -3.08. The smallest absolute Gasteiger partial charge is 0.340 e. The van der Waals surface area contributed by atoms with Crippen LogP contribution in [-0.2, 0) is 22.5 Å². The molecule has 7 nitrogen and oxygen atoms in total. The highest BCUT2D eigenvalue weighted by atomic mass is 16.5. The number of aryl methyl sites for hydroxylation is 1. The van der Waals surface area contributed by atoms with Crippen molar-refractivity contribution >= 4 is 28.5 Å². The lowest BCUT2D eigenvalue weighted by Gasteiger charge is -2.25. The van der Waals surface area contributed by atoms with Gasteiger partial charge in [-0.2, -0.15) is 0 Å². The number of methoxy groups -OCH3 is 1. The fourth-order valence-electron chi connectivity index (χ4n) is 4.84. The normalized spacial score (nSPS) is 15.5. The predicted octanol–water partition coefficient (Wildman–Crippen LogP) is 3.66. The number of para-hydroxylation sites is 1. The van der Waals surface area contributed by atoms with Crippen molar-refractivity contribution in [1.82, 2.24) is 4.98 Å². The number of fused-ring (bicyclic) bond motifs is 2. The van der Waals surface area contributed by atoms with Crippen LogP contribution in [-0.4, -0.2) is 37.6 Å². The van der Waals surface area contributed by atoms with Crippen LogP contribution in [0.5, 0.6) is 5.75 Å². The molecule has 0 fully saturated rings. The number of aromatic nitrogens is 1. The van der Waals surface area contributed by atoms with Gasteiger partial charge in [-0.1, -0.05) is 54.6 Å². The molecule has 188 valence electrons. The molecule has 0 saturated carbocycles. The Bertz CT molecular complexity index is 1470. The Labute approximate surface area is 216 Å². The number of nitrogens with zero attached hydrogens (tertiary/aromatic N) is 1. The van der Waals surface area contributed by atoms with Gasteiger partial charge in [0.2, 0.25) is 6.10 Å². The fraction of sp³-hybridized carbons (Fsp3) is 0.233. The van der Waals surface area contributed by atoms with Crippen molar-refractivity contribution in [2.24, 2.45) is 0 Å². The maximum absolute atomic E-state index is 13.9. The zero-order valence-electron chi connectivity index (χ0n) is 21.2. The SMILES string of the molecule is COc1ccc(C)cc1NC(=O)[C@H](OC(=O)c1c2c(nc3ccccc13)CC[NH+](C)C2)c1ccccc1. The van der Waals surface area contributed by atoms with Gasteiger partial charge in [-0.25, -0.2) is 4.79 Å². The molecule has 1 amide bonds. The molecule has 0 saturated heterocycles. The zero-order valence-corrected chi connectivity index (χ0v) is 21.2. The van der Waals surface area contributed by atoms with Crippen LogP contribution in [0, 0.1) is 6.92 Å². The van der Waals surface area contributed by atoms with Gasteiger partial charge in [0, 0.05) is 22.9 Å². The number of pyridine rings is 1. The van der Waals surface area contributed by atoms with Crippen LogP contribution in [0.2, 0.25) is 0 Å². The first-order valence-corrected chi connectivity index (χ1v) is 12.4. The van der Waals surface area contributed by atoms with E-state index < -0.39 is 18.0 Å². The third-order valence-corrected chi connectivity index (χ3v) is 6.73. The van der Waals surface area contributed by atoms with Gasteiger partial charge in [0.15, 0.2) is 0 Å². The molecule has 2 heterocycles. The van der Waals surface area contributed by atoms with E-state index in [4.69, 9.17) is 14.5 Å². The van der Waals surface area contributed by atoms with Gasteiger partial charge in [-0.15, -0.1) is 0 Å². The zero-order chi connectivity index (χ0) is 25.9. The maximum atomic E-state index is 13.9. The Balaban J connectivity index is 1.54. The first-order valence-electron chi connectivity index (χ1n) is 12.4. The second-order valence-electron chi connectivity index (χ2n) is 9.45. The number of ether oxygens (including phenoxy) is 2. The van der Waals surface area contributed by atoms with Crippen LogP contribution in [0.1, 0.15) is 38.8 Å². The topological polar surface area (TPSA) is 82.0 Å². The average molecular weight is 497 g/mol. The summed E-state index contributed by atoms with van der Waals surface area (Å²) in [6.07, 6.45) is -0.377. The molecular formula is C30H30N3O4+. The predicted molar refractivity (Wildman–Crippen MR) is 142 cm³/mol. The van der Waals surface area contributed by atoms with Crippen LogP contribution in [0.15, 0.2) is 72.8 Å². The molecule has 1 aliphatic rings. The summed E-state index contributed by atoms with van der Waals surface area (Å²) in [5, 5.41) is 3.64. The molecule has 1 aliphatic heterocycles. The molecule has 2 atom stereocenters. The number of hydrogen-bond donors (Lipinski definition) is 2. The average Bonchev–Trinajstić information content (AvgIpc) is 2.91. The van der Waals surface area contributed by atoms with Gasteiger partial charge in [0.1, 0.15) is 12.3 Å². The van der Waals surface area contributed by atoms with Crippen molar-refractivity contribution in [2.75, 3.05) is 26.0 Å². The largest absolute Gasteiger partial charge is 0.495 e. The van der Waals surface area contributed by atoms with Gasteiger partial charge < -0.3 is 19.7 Å². The number of rotatable bonds is 6. The number of nitrogens with one attached hydrogen (secondary N) is 2. The Morgan fingerprint density at radius 3 is 2.57 bits per heavy atom. The van der Waals surface area contributed by atoms with Crippen molar-refractivity contribution in [3.05, 3.63) is 101 Å². The van der Waals surface area contributed by atoms with Crippen LogP contribution < -0.4 is 15.0 Å². The molecule has 5 rings (SSSR count). The molecule has 0 radical (unpaired) electrons. The van der Waals surface area contributed by atoms with Gasteiger partial charge in [0.25, 0.3) is 5.91 Å². The van der Waals surface area contributed by atoms with Crippen LogP contribution >= 0.6 is 0 Å². The monoisotopic (exact) mass is 496 g/mol. The van der Waals surface area contributed by atoms with Crippen molar-refractivity contribution in [1.29, 1.82) is 0 Å². The molecule has 1 unspecified atom stereocenters. The molecule has 2 N–H and O–H groups in total. The fourth-order valence-corrected chi connectivity index (χ4v) is 4.84. The number of anilines is 1. The number of carbonyl (C=O) groups is 2. The Morgan fingerprint density at radius 2 is 1.78 bits per heavy atom. The van der Waals surface area contributed by atoms with Crippen molar-refractivity contribution in [2.45, 2.75) is 26.0 Å². The van der Waals surface area contributed by atoms with Crippen molar-refractivity contribution in [3.63, 3.8) is 0 Å². The number of likely N-dealkylation sites (N-methyl/N-ethyl adjacent to an activating group) is 1. The number of benzene rings is 3. The summed E-state index contributed by atoms with van der Waals surface area (Å²) in [7, 11) is 3.65. The molecule has 0 bridgehead atoms. The van der Waals surface area contributed by atoms with E-state index >= 15 is 0 Å². The molecular weight excluding hydrogens is 466 g/mol. The summed E-state index contributed by atoms with van der Waals surface area (Å²) < 4.78 is 11.5. The molecule has 0 aliphatic carbocycles. The molecule has 4 aromatic rings. The molecule has 37 heavy (non-hydrogen) atoms. The number of quaternary nitrogens is 1. The van der Waals surface area contributed by atoms with Crippen LogP contribution in [0.4, 0.5) is 5.69 Å². The minimum atomic E-state index is -1.16. The first kappa shape index (κ1) is 24.5. The second kappa shape index (κ2) is 10.4. The van der Waals surface area contributed by atoms with Gasteiger partial charge in [0.05, 0.1) is 43.2 Å². The van der Waals surface area contributed by atoms with Gasteiger partial charge >= 0.3 is 5.97 Å². The quantitative estimate of drug-likeness (QED) is 0.398. The molecule has 1 aromatic heterocycles. The number of amides is 1. The molecule has 0 spiro atoms. The first-order chi connectivity index (χ1) is 17.9. The summed E-state index contributed by atoms with van der Waals surface area (Å²) in [5.41, 5.74) is 5.10. The highest BCUT2D eigenvalue weighted by Crippen LogP contribution is 2.30. The lowest BCUT2D eigenvalue weighted by molar-refractivity contribution is -0.895. The van der Waals surface area contributed by atoms with E-state index in [1.54, 1.807) is 25.3 Å². The van der Waals surface area contributed by atoms with E-state index in [1.807, 2.05) is 61.5 Å². The van der Waals surface area contributed by atoms with Crippen molar-refractivity contribution in [3.8, 4) is 5.75 Å². The van der Waals surface area contributed by atoms with Crippen molar-refractivity contribution < 1.29 is 24.0 Å². The summed E-state index contributed by atoms with van der Waals surface area (Å²) in [6, 6.07) is 22.2. The maximum Gasteiger partial charge on any atom is 0.340 e. The molecule has 7 heteroatoms. The van der Waals surface area contributed by atoms with Gasteiger partial charge in [-0.05, 0) is 30.7 Å².